The predicted octanol–water partition coefficient (Wildman–Crippen LogP) is 1.73. The second-order valence-electron chi connectivity index (χ2n) is 7.23. The van der Waals surface area contributed by atoms with Gasteiger partial charge in [0.1, 0.15) is 0 Å². The number of amides is 1. The van der Waals surface area contributed by atoms with Gasteiger partial charge in [0, 0.05) is 17.4 Å². The maximum Gasteiger partial charge on any atom is 0.311 e. The fraction of sp³-hybridized carbons (Fsp3) is 0.579. The molecule has 0 radical (unpaired) electrons. The van der Waals surface area contributed by atoms with Crippen molar-refractivity contribution in [1.82, 2.24) is 5.32 Å². The number of fused-ring (bicyclic) bond motifs is 1. The van der Waals surface area contributed by atoms with Crippen molar-refractivity contribution in [2.45, 2.75) is 43.1 Å². The number of esters is 1. The molecule has 0 spiro atoms. The second kappa shape index (κ2) is 5.38. The average Bonchev–Trinajstić information content (AvgIpc) is 3.09. The summed E-state index contributed by atoms with van der Waals surface area (Å²) < 4.78 is 16.3. The second-order valence-corrected chi connectivity index (χ2v) is 7.23. The van der Waals surface area contributed by atoms with E-state index in [1.807, 2.05) is 6.07 Å². The van der Waals surface area contributed by atoms with Gasteiger partial charge in [-0.1, -0.05) is 6.07 Å². The molecule has 2 fully saturated rings. The number of aryl methyl sites for hydroxylation is 1. The van der Waals surface area contributed by atoms with E-state index in [0.717, 1.165) is 24.8 Å². The Bertz CT molecular complexity index is 760. The molecule has 1 amide bonds. The van der Waals surface area contributed by atoms with E-state index >= 15 is 0 Å². The number of ether oxygens (including phenoxy) is 3. The summed E-state index contributed by atoms with van der Waals surface area (Å²) >= 11 is 0. The molecule has 1 aromatic carbocycles. The van der Waals surface area contributed by atoms with Crippen LogP contribution in [0, 0.1) is 5.92 Å². The van der Waals surface area contributed by atoms with Crippen molar-refractivity contribution in [2.75, 3.05) is 21.3 Å². The number of nitrogens with one attached hydrogen (secondary N) is 1. The van der Waals surface area contributed by atoms with E-state index in [1.54, 1.807) is 14.2 Å². The summed E-state index contributed by atoms with van der Waals surface area (Å²) in [6.07, 6.45) is 3.35. The molecule has 1 saturated heterocycles. The van der Waals surface area contributed by atoms with Gasteiger partial charge in [-0.3, -0.25) is 9.59 Å². The first-order valence-electron chi connectivity index (χ1n) is 8.66. The highest BCUT2D eigenvalue weighted by Gasteiger charge is 2.70. The number of rotatable bonds is 3. The lowest BCUT2D eigenvalue weighted by Crippen LogP contribution is -2.59. The highest BCUT2D eigenvalue weighted by Crippen LogP contribution is 2.64. The van der Waals surface area contributed by atoms with Gasteiger partial charge in [-0.05, 0) is 37.3 Å². The van der Waals surface area contributed by atoms with Crippen LogP contribution in [0.4, 0.5) is 0 Å². The number of methoxy groups -OCH3 is 3. The van der Waals surface area contributed by atoms with Gasteiger partial charge in [-0.15, -0.1) is 0 Å². The SMILES string of the molecule is COC(=O)[C@@H]1CC[C@]23CC(=O)N[C@]12CCc1ccc(OC)c(OC)c13. The minimum atomic E-state index is -0.593. The van der Waals surface area contributed by atoms with Crippen LogP contribution in [0.5, 0.6) is 11.5 Å². The molecule has 3 aliphatic rings. The monoisotopic (exact) mass is 345 g/mol. The molecular formula is C19H23NO5. The van der Waals surface area contributed by atoms with Gasteiger partial charge in [0.2, 0.25) is 5.91 Å². The molecule has 1 aliphatic heterocycles. The Balaban J connectivity index is 1.97. The molecule has 25 heavy (non-hydrogen) atoms. The van der Waals surface area contributed by atoms with E-state index in [0.29, 0.717) is 24.3 Å². The number of hydrogen-bond donors (Lipinski definition) is 1. The zero-order chi connectivity index (χ0) is 17.8. The summed E-state index contributed by atoms with van der Waals surface area (Å²) in [7, 11) is 4.65. The lowest BCUT2D eigenvalue weighted by molar-refractivity contribution is -0.148. The zero-order valence-electron chi connectivity index (χ0n) is 14.8. The van der Waals surface area contributed by atoms with Crippen LogP contribution in [0.25, 0.3) is 0 Å². The van der Waals surface area contributed by atoms with Crippen LogP contribution in [0.3, 0.4) is 0 Å². The molecule has 6 nitrogen and oxygen atoms in total. The van der Waals surface area contributed by atoms with Crippen molar-refractivity contribution in [3.63, 3.8) is 0 Å². The van der Waals surface area contributed by atoms with E-state index in [9.17, 15) is 9.59 Å². The fourth-order valence-corrected chi connectivity index (χ4v) is 5.62. The maximum absolute atomic E-state index is 12.5. The first-order valence-corrected chi connectivity index (χ1v) is 8.66. The quantitative estimate of drug-likeness (QED) is 0.845. The van der Waals surface area contributed by atoms with Crippen LogP contribution < -0.4 is 14.8 Å². The molecule has 1 heterocycles. The highest BCUT2D eigenvalue weighted by molar-refractivity contribution is 5.88. The molecule has 6 heteroatoms. The first-order chi connectivity index (χ1) is 12.0. The van der Waals surface area contributed by atoms with Crippen LogP contribution in [-0.4, -0.2) is 38.7 Å². The summed E-state index contributed by atoms with van der Waals surface area (Å²) in [5.74, 6) is 0.770. The number of carbonyl (C=O) groups excluding carboxylic acids is 2. The summed E-state index contributed by atoms with van der Waals surface area (Å²) in [6.45, 7) is 0. The molecule has 0 bridgehead atoms. The van der Waals surface area contributed by atoms with Crippen molar-refractivity contribution in [1.29, 1.82) is 0 Å². The van der Waals surface area contributed by atoms with Crippen LogP contribution >= 0.6 is 0 Å². The van der Waals surface area contributed by atoms with E-state index in [-0.39, 0.29) is 17.8 Å². The highest BCUT2D eigenvalue weighted by atomic mass is 16.5. The van der Waals surface area contributed by atoms with E-state index < -0.39 is 11.0 Å². The molecule has 0 aromatic heterocycles. The van der Waals surface area contributed by atoms with Crippen molar-refractivity contribution in [3.05, 3.63) is 23.3 Å². The van der Waals surface area contributed by atoms with Gasteiger partial charge in [-0.25, -0.2) is 0 Å². The first kappa shape index (κ1) is 16.2. The lowest BCUT2D eigenvalue weighted by atomic mass is 9.58. The van der Waals surface area contributed by atoms with Gasteiger partial charge in [0.15, 0.2) is 11.5 Å². The van der Waals surface area contributed by atoms with Crippen LogP contribution in [0.1, 0.15) is 36.8 Å². The Morgan fingerprint density at radius 2 is 2.00 bits per heavy atom. The van der Waals surface area contributed by atoms with Gasteiger partial charge < -0.3 is 19.5 Å². The molecular weight excluding hydrogens is 322 g/mol. The fourth-order valence-electron chi connectivity index (χ4n) is 5.62. The smallest absolute Gasteiger partial charge is 0.311 e. The molecule has 1 aromatic rings. The summed E-state index contributed by atoms with van der Waals surface area (Å²) in [5, 5.41) is 3.18. The topological polar surface area (TPSA) is 73.9 Å². The third-order valence-corrected chi connectivity index (χ3v) is 6.52. The Morgan fingerprint density at radius 1 is 1.20 bits per heavy atom. The molecule has 3 atom stereocenters. The van der Waals surface area contributed by atoms with Crippen molar-refractivity contribution in [2.24, 2.45) is 5.92 Å². The summed E-state index contributed by atoms with van der Waals surface area (Å²) in [5.41, 5.74) is 1.17. The van der Waals surface area contributed by atoms with Gasteiger partial charge >= 0.3 is 5.97 Å². The van der Waals surface area contributed by atoms with Gasteiger partial charge in [0.25, 0.3) is 0 Å². The maximum atomic E-state index is 12.5. The largest absolute Gasteiger partial charge is 0.493 e. The molecule has 4 rings (SSSR count). The van der Waals surface area contributed by atoms with Gasteiger partial charge in [-0.2, -0.15) is 0 Å². The van der Waals surface area contributed by atoms with Crippen LogP contribution in [0.2, 0.25) is 0 Å². The number of carbonyl (C=O) groups is 2. The third kappa shape index (κ3) is 1.85. The number of hydrogen-bond acceptors (Lipinski definition) is 5. The van der Waals surface area contributed by atoms with Crippen LogP contribution in [-0.2, 0) is 26.2 Å². The minimum absolute atomic E-state index is 0.00803. The average molecular weight is 345 g/mol. The van der Waals surface area contributed by atoms with E-state index in [2.05, 4.69) is 11.4 Å². The van der Waals surface area contributed by atoms with Crippen molar-refractivity contribution in [3.8, 4) is 11.5 Å². The van der Waals surface area contributed by atoms with Crippen molar-refractivity contribution < 1.29 is 23.8 Å². The minimum Gasteiger partial charge on any atom is -0.493 e. The van der Waals surface area contributed by atoms with Crippen molar-refractivity contribution >= 4 is 11.9 Å². The molecule has 0 unspecified atom stereocenters. The summed E-state index contributed by atoms with van der Waals surface area (Å²) in [4.78, 5) is 25.0. The van der Waals surface area contributed by atoms with E-state index in [4.69, 9.17) is 14.2 Å². The lowest BCUT2D eigenvalue weighted by Gasteiger charge is -2.47. The standard InChI is InChI=1S/C19H23NO5/c1-23-13-5-4-11-6-9-19-12(17(22)25-3)7-8-18(19,10-14(21)20-19)15(11)16(13)24-2/h4-5,12H,6-10H2,1-3H3,(H,20,21)/t12-,18+,19+/m0/s1. The summed E-state index contributed by atoms with van der Waals surface area (Å²) in [6, 6.07) is 3.97. The van der Waals surface area contributed by atoms with E-state index in [1.165, 1.54) is 12.7 Å². The Hall–Kier alpha value is -2.24. The van der Waals surface area contributed by atoms with Crippen LogP contribution in [0.15, 0.2) is 12.1 Å². The molecule has 1 saturated carbocycles. The Labute approximate surface area is 146 Å². The normalized spacial score (nSPS) is 32.3. The predicted molar refractivity (Wildman–Crippen MR) is 89.8 cm³/mol. The Kier molecular flexibility index (Phi) is 3.49. The Morgan fingerprint density at radius 3 is 2.68 bits per heavy atom. The number of benzene rings is 1. The zero-order valence-corrected chi connectivity index (χ0v) is 14.8. The third-order valence-electron chi connectivity index (χ3n) is 6.52. The molecule has 2 aliphatic carbocycles. The molecule has 134 valence electrons. The van der Waals surface area contributed by atoms with Gasteiger partial charge in [0.05, 0.1) is 32.8 Å². The molecule has 1 N–H and O–H groups in total.